The standard InChI is InChI=1S/C11H17NO.C4H10.C2H5NO/c1-3-4-7-13-10-5-6-11(12)9(2)8-10;1-3-4-2;1-2(3)4/h5-6,8H,3-4,7,12H2,1-2H3;3-4H2,1-2H3;1H3,(H2,3,4). The predicted molar refractivity (Wildman–Crippen MR) is 91.4 cm³/mol. The summed E-state index contributed by atoms with van der Waals surface area (Å²) in [5, 5.41) is 0. The first-order valence-electron chi connectivity index (χ1n) is 7.63. The van der Waals surface area contributed by atoms with Crippen LogP contribution in [0.15, 0.2) is 18.2 Å². The number of unbranched alkanes of at least 4 members (excludes halogenated alkanes) is 2. The van der Waals surface area contributed by atoms with Crippen LogP contribution in [0.1, 0.15) is 58.9 Å². The molecule has 0 aliphatic rings. The second kappa shape index (κ2) is 14.7. The number of carbonyl (C=O) groups is 1. The molecule has 1 aromatic carbocycles. The van der Waals surface area contributed by atoms with E-state index in [-0.39, 0.29) is 5.91 Å². The highest BCUT2D eigenvalue weighted by molar-refractivity contribution is 5.70. The molecule has 0 bridgehead atoms. The molecule has 0 atom stereocenters. The van der Waals surface area contributed by atoms with Gasteiger partial charge in [0.2, 0.25) is 5.91 Å². The molecular formula is C17H32N2O2. The number of aryl methyl sites for hydroxylation is 1. The van der Waals surface area contributed by atoms with Gasteiger partial charge in [-0.2, -0.15) is 0 Å². The number of nitrogen functional groups attached to an aromatic ring is 1. The third-order valence-electron chi connectivity index (χ3n) is 2.51. The Morgan fingerprint density at radius 2 is 1.67 bits per heavy atom. The zero-order valence-electron chi connectivity index (χ0n) is 14.2. The zero-order valence-corrected chi connectivity index (χ0v) is 14.2. The van der Waals surface area contributed by atoms with E-state index >= 15 is 0 Å². The highest BCUT2D eigenvalue weighted by Gasteiger charge is 1.96. The maximum absolute atomic E-state index is 9.22. The van der Waals surface area contributed by atoms with Gasteiger partial charge in [-0.3, -0.25) is 4.79 Å². The highest BCUT2D eigenvalue weighted by Crippen LogP contribution is 2.18. The molecule has 0 radical (unpaired) electrons. The summed E-state index contributed by atoms with van der Waals surface area (Å²) in [5.74, 6) is 0.583. The van der Waals surface area contributed by atoms with Gasteiger partial charge in [0.05, 0.1) is 6.61 Å². The highest BCUT2D eigenvalue weighted by atomic mass is 16.5. The Morgan fingerprint density at radius 3 is 2.05 bits per heavy atom. The van der Waals surface area contributed by atoms with E-state index in [9.17, 15) is 4.79 Å². The number of rotatable bonds is 5. The molecule has 0 unspecified atom stereocenters. The van der Waals surface area contributed by atoms with Crippen molar-refractivity contribution in [2.24, 2.45) is 5.73 Å². The lowest BCUT2D eigenvalue weighted by molar-refractivity contribution is -0.115. The van der Waals surface area contributed by atoms with E-state index in [1.807, 2.05) is 25.1 Å². The summed E-state index contributed by atoms with van der Waals surface area (Å²) in [7, 11) is 0. The molecule has 0 aromatic heterocycles. The molecule has 1 amide bonds. The number of primary amides is 1. The molecule has 0 fully saturated rings. The third-order valence-corrected chi connectivity index (χ3v) is 2.51. The molecule has 4 heteroatoms. The van der Waals surface area contributed by atoms with Crippen molar-refractivity contribution >= 4 is 11.6 Å². The lowest BCUT2D eigenvalue weighted by Gasteiger charge is -2.07. The van der Waals surface area contributed by atoms with E-state index in [1.165, 1.54) is 19.8 Å². The normalized spacial score (nSPS) is 8.81. The molecule has 1 rings (SSSR count). The lowest BCUT2D eigenvalue weighted by Crippen LogP contribution is -2.01. The minimum absolute atomic E-state index is 0.333. The van der Waals surface area contributed by atoms with Crippen molar-refractivity contribution in [2.45, 2.75) is 60.3 Å². The van der Waals surface area contributed by atoms with Crippen molar-refractivity contribution in [3.63, 3.8) is 0 Å². The molecule has 4 nitrogen and oxygen atoms in total. The van der Waals surface area contributed by atoms with Crippen LogP contribution in [0.25, 0.3) is 0 Å². The maximum atomic E-state index is 9.22. The van der Waals surface area contributed by atoms with Gasteiger partial charge >= 0.3 is 0 Å². The third kappa shape index (κ3) is 16.2. The summed E-state index contributed by atoms with van der Waals surface area (Å²) >= 11 is 0. The first kappa shape index (κ1) is 21.6. The molecule has 122 valence electrons. The Kier molecular flexibility index (Phi) is 15.1. The second-order valence-corrected chi connectivity index (χ2v) is 4.83. The van der Waals surface area contributed by atoms with Crippen LogP contribution >= 0.6 is 0 Å². The monoisotopic (exact) mass is 296 g/mol. The van der Waals surface area contributed by atoms with Gasteiger partial charge in [0.15, 0.2) is 0 Å². The number of hydrogen-bond acceptors (Lipinski definition) is 3. The van der Waals surface area contributed by atoms with Gasteiger partial charge in [-0.15, -0.1) is 0 Å². The van der Waals surface area contributed by atoms with E-state index < -0.39 is 0 Å². The van der Waals surface area contributed by atoms with Crippen molar-refractivity contribution in [2.75, 3.05) is 12.3 Å². The van der Waals surface area contributed by atoms with Gasteiger partial charge in [0, 0.05) is 12.6 Å². The molecular weight excluding hydrogens is 264 g/mol. The first-order valence-corrected chi connectivity index (χ1v) is 7.63. The fourth-order valence-corrected chi connectivity index (χ4v) is 1.07. The van der Waals surface area contributed by atoms with E-state index in [4.69, 9.17) is 10.5 Å². The van der Waals surface area contributed by atoms with Gasteiger partial charge in [0.25, 0.3) is 0 Å². The number of ether oxygens (including phenoxy) is 1. The number of nitrogens with two attached hydrogens (primary N) is 2. The van der Waals surface area contributed by atoms with Gasteiger partial charge in [0.1, 0.15) is 5.75 Å². The topological polar surface area (TPSA) is 78.3 Å². The maximum Gasteiger partial charge on any atom is 0.214 e. The summed E-state index contributed by atoms with van der Waals surface area (Å²) in [6.45, 7) is 10.6. The molecule has 0 saturated carbocycles. The molecule has 21 heavy (non-hydrogen) atoms. The smallest absolute Gasteiger partial charge is 0.214 e. The Labute approximate surface area is 129 Å². The SMILES string of the molecule is CC(N)=O.CCCC.CCCCOc1ccc(N)c(C)c1. The average Bonchev–Trinajstić information content (AvgIpc) is 2.43. The van der Waals surface area contributed by atoms with E-state index in [0.29, 0.717) is 0 Å². The van der Waals surface area contributed by atoms with Crippen molar-refractivity contribution in [3.8, 4) is 5.75 Å². The number of amides is 1. The first-order chi connectivity index (χ1) is 9.88. The quantitative estimate of drug-likeness (QED) is 0.635. The van der Waals surface area contributed by atoms with Crippen molar-refractivity contribution in [3.05, 3.63) is 23.8 Å². The van der Waals surface area contributed by atoms with Crippen molar-refractivity contribution < 1.29 is 9.53 Å². The van der Waals surface area contributed by atoms with E-state index in [0.717, 1.165) is 36.4 Å². The fourth-order valence-electron chi connectivity index (χ4n) is 1.07. The Hall–Kier alpha value is -1.71. The summed E-state index contributed by atoms with van der Waals surface area (Å²) in [6, 6.07) is 5.78. The Balaban J connectivity index is 0. The van der Waals surface area contributed by atoms with E-state index in [1.54, 1.807) is 0 Å². The Bertz CT molecular complexity index is 373. The number of benzene rings is 1. The summed E-state index contributed by atoms with van der Waals surface area (Å²) in [4.78, 5) is 9.22. The fraction of sp³-hybridized carbons (Fsp3) is 0.588. The van der Waals surface area contributed by atoms with Gasteiger partial charge in [-0.05, 0) is 37.1 Å². The number of anilines is 1. The minimum atomic E-state index is -0.333. The largest absolute Gasteiger partial charge is 0.494 e. The molecule has 1 aromatic rings. The van der Waals surface area contributed by atoms with Crippen LogP contribution in [0, 0.1) is 6.92 Å². The van der Waals surface area contributed by atoms with Crippen molar-refractivity contribution in [1.82, 2.24) is 0 Å². The summed E-state index contributed by atoms with van der Waals surface area (Å²) in [5.41, 5.74) is 12.1. The predicted octanol–water partition coefficient (Wildman–Crippen LogP) is 4.05. The summed E-state index contributed by atoms with van der Waals surface area (Å²) in [6.07, 6.45) is 4.90. The molecule has 0 saturated heterocycles. The molecule has 0 aliphatic carbocycles. The molecule has 0 aliphatic heterocycles. The van der Waals surface area contributed by atoms with Gasteiger partial charge in [-0.1, -0.05) is 40.0 Å². The van der Waals surface area contributed by atoms with Crippen LogP contribution in [-0.2, 0) is 4.79 Å². The van der Waals surface area contributed by atoms with Gasteiger partial charge < -0.3 is 16.2 Å². The van der Waals surface area contributed by atoms with Gasteiger partial charge in [-0.25, -0.2) is 0 Å². The van der Waals surface area contributed by atoms with Crippen LogP contribution in [0.3, 0.4) is 0 Å². The second-order valence-electron chi connectivity index (χ2n) is 4.83. The van der Waals surface area contributed by atoms with Crippen LogP contribution in [0.4, 0.5) is 5.69 Å². The van der Waals surface area contributed by atoms with Crippen LogP contribution in [-0.4, -0.2) is 12.5 Å². The molecule has 4 N–H and O–H groups in total. The van der Waals surface area contributed by atoms with Crippen LogP contribution < -0.4 is 16.2 Å². The van der Waals surface area contributed by atoms with Crippen molar-refractivity contribution in [1.29, 1.82) is 0 Å². The van der Waals surface area contributed by atoms with Crippen LogP contribution in [0.5, 0.6) is 5.75 Å². The van der Waals surface area contributed by atoms with Crippen LogP contribution in [0.2, 0.25) is 0 Å². The number of carbonyl (C=O) groups excluding carboxylic acids is 1. The zero-order chi connectivity index (χ0) is 16.7. The summed E-state index contributed by atoms with van der Waals surface area (Å²) < 4.78 is 5.53. The lowest BCUT2D eigenvalue weighted by atomic mass is 10.2. The minimum Gasteiger partial charge on any atom is -0.494 e. The molecule has 0 spiro atoms. The molecule has 0 heterocycles. The average molecular weight is 296 g/mol. The van der Waals surface area contributed by atoms with E-state index in [2.05, 4.69) is 26.5 Å². The number of hydrogen-bond donors (Lipinski definition) is 2. The Morgan fingerprint density at radius 1 is 1.14 bits per heavy atom.